The average molecular weight is 342 g/mol. The van der Waals surface area contributed by atoms with E-state index in [1.807, 2.05) is 6.07 Å². The van der Waals surface area contributed by atoms with Gasteiger partial charge in [-0.25, -0.2) is 0 Å². The molecule has 2 N–H and O–H groups in total. The van der Waals surface area contributed by atoms with Crippen LogP contribution in [0.15, 0.2) is 12.1 Å². The monoisotopic (exact) mass is 342 g/mol. The zero-order valence-electron chi connectivity index (χ0n) is 15.1. The minimum Gasteiger partial charge on any atom is -0.385 e. The molecule has 0 atom stereocenters. The summed E-state index contributed by atoms with van der Waals surface area (Å²) in [5.41, 5.74) is 2.01. The van der Waals surface area contributed by atoms with E-state index in [-0.39, 0.29) is 5.78 Å². The molecule has 0 saturated heterocycles. The van der Waals surface area contributed by atoms with Crippen molar-refractivity contribution in [2.45, 2.75) is 94.7 Å². The fraction of sp³-hybridized carbons (Fsp3) is 0.682. The first-order chi connectivity index (χ1) is 12.0. The van der Waals surface area contributed by atoms with Crippen LogP contribution in [0.1, 0.15) is 104 Å². The van der Waals surface area contributed by atoms with Crippen molar-refractivity contribution in [3.63, 3.8) is 0 Å². The first-order valence-electron chi connectivity index (χ1n) is 10.2. The maximum atomic E-state index is 12.6. The van der Waals surface area contributed by atoms with Crippen LogP contribution in [0, 0.1) is 0 Å². The molecule has 1 aromatic rings. The highest BCUT2D eigenvalue weighted by Crippen LogP contribution is 2.45. The molecule has 0 unspecified atom stereocenters. The molecule has 25 heavy (non-hydrogen) atoms. The third-order valence-corrected chi connectivity index (χ3v) is 6.78. The van der Waals surface area contributed by atoms with Crippen LogP contribution in [-0.2, 0) is 17.6 Å². The lowest BCUT2D eigenvalue weighted by molar-refractivity contribution is -0.00745. The van der Waals surface area contributed by atoms with Crippen molar-refractivity contribution in [3.05, 3.63) is 34.4 Å². The van der Waals surface area contributed by atoms with E-state index >= 15 is 0 Å². The molecule has 3 aliphatic carbocycles. The Labute approximate surface area is 150 Å². The topological polar surface area (TPSA) is 57.5 Å². The Balaban J connectivity index is 1.85. The van der Waals surface area contributed by atoms with Crippen LogP contribution < -0.4 is 0 Å². The van der Waals surface area contributed by atoms with Gasteiger partial charge in [0.15, 0.2) is 5.78 Å². The molecule has 0 spiro atoms. The Bertz CT molecular complexity index is 664. The van der Waals surface area contributed by atoms with Gasteiger partial charge in [-0.3, -0.25) is 4.79 Å². The molecule has 0 heterocycles. The van der Waals surface area contributed by atoms with Gasteiger partial charge in [0, 0.05) is 12.0 Å². The van der Waals surface area contributed by atoms with Gasteiger partial charge in [-0.05, 0) is 67.3 Å². The van der Waals surface area contributed by atoms with E-state index in [0.29, 0.717) is 6.42 Å². The second kappa shape index (κ2) is 6.51. The molecule has 4 rings (SSSR count). The van der Waals surface area contributed by atoms with E-state index in [0.717, 1.165) is 86.5 Å². The maximum absolute atomic E-state index is 12.6. The van der Waals surface area contributed by atoms with Gasteiger partial charge < -0.3 is 10.2 Å². The largest absolute Gasteiger partial charge is 0.385 e. The van der Waals surface area contributed by atoms with Crippen LogP contribution in [0.25, 0.3) is 0 Å². The van der Waals surface area contributed by atoms with Gasteiger partial charge in [0.2, 0.25) is 0 Å². The zero-order valence-corrected chi connectivity index (χ0v) is 15.1. The predicted molar refractivity (Wildman–Crippen MR) is 97.7 cm³/mol. The Kier molecular flexibility index (Phi) is 4.49. The smallest absolute Gasteiger partial charge is 0.163 e. The van der Waals surface area contributed by atoms with Crippen LogP contribution in [0.3, 0.4) is 0 Å². The number of hydrogen-bond donors (Lipinski definition) is 2. The molecule has 0 aromatic heterocycles. The summed E-state index contributed by atoms with van der Waals surface area (Å²) in [6.45, 7) is 0. The summed E-state index contributed by atoms with van der Waals surface area (Å²) < 4.78 is 0. The molecule has 3 aliphatic rings. The van der Waals surface area contributed by atoms with Crippen LogP contribution in [0.4, 0.5) is 0 Å². The van der Waals surface area contributed by atoms with E-state index in [1.165, 1.54) is 12.8 Å². The normalized spacial score (nSPS) is 25.4. The molecule has 0 radical (unpaired) electrons. The molecule has 1 aromatic carbocycles. The lowest BCUT2D eigenvalue weighted by Gasteiger charge is -2.38. The number of fused-ring (bicyclic) bond motifs is 1. The Morgan fingerprint density at radius 1 is 0.720 bits per heavy atom. The van der Waals surface area contributed by atoms with Crippen LogP contribution in [0.5, 0.6) is 0 Å². The van der Waals surface area contributed by atoms with E-state index in [2.05, 4.69) is 6.07 Å². The van der Waals surface area contributed by atoms with Gasteiger partial charge in [-0.1, -0.05) is 38.5 Å². The van der Waals surface area contributed by atoms with E-state index in [1.54, 1.807) is 0 Å². The van der Waals surface area contributed by atoms with E-state index < -0.39 is 11.2 Å². The Morgan fingerprint density at radius 2 is 1.32 bits per heavy atom. The van der Waals surface area contributed by atoms with Gasteiger partial charge in [-0.2, -0.15) is 0 Å². The molecule has 0 amide bonds. The van der Waals surface area contributed by atoms with Crippen molar-refractivity contribution >= 4 is 5.78 Å². The molecular formula is C22H30O3. The van der Waals surface area contributed by atoms with Gasteiger partial charge in [0.05, 0.1) is 11.2 Å². The van der Waals surface area contributed by atoms with Gasteiger partial charge >= 0.3 is 0 Å². The Morgan fingerprint density at radius 3 is 1.96 bits per heavy atom. The first kappa shape index (κ1) is 17.2. The van der Waals surface area contributed by atoms with Crippen molar-refractivity contribution in [2.24, 2.45) is 0 Å². The summed E-state index contributed by atoms with van der Waals surface area (Å²) in [6.07, 6.45) is 11.9. The summed E-state index contributed by atoms with van der Waals surface area (Å²) in [7, 11) is 0. The lowest BCUT2D eigenvalue weighted by Crippen LogP contribution is -2.34. The lowest BCUT2D eigenvalue weighted by atomic mass is 9.71. The van der Waals surface area contributed by atoms with Crippen molar-refractivity contribution in [1.82, 2.24) is 0 Å². The molecule has 2 fully saturated rings. The third-order valence-electron chi connectivity index (χ3n) is 6.78. The highest BCUT2D eigenvalue weighted by atomic mass is 16.3. The number of benzene rings is 1. The number of hydrogen-bond acceptors (Lipinski definition) is 3. The Hall–Kier alpha value is -1.19. The molecule has 2 saturated carbocycles. The molecule has 3 nitrogen and oxygen atoms in total. The number of carbonyl (C=O) groups is 1. The standard InChI is InChI=1S/C22H30O3/c23-20-9-7-8-17-18(20)14-16(21(24)10-3-1-4-11-21)15-19(17)22(25)12-5-2-6-13-22/h14-15,24-25H,1-13H2. The summed E-state index contributed by atoms with van der Waals surface area (Å²) in [5.74, 6) is 0.183. The quantitative estimate of drug-likeness (QED) is 0.831. The summed E-state index contributed by atoms with van der Waals surface area (Å²) in [6, 6.07) is 4.02. The molecule has 136 valence electrons. The summed E-state index contributed by atoms with van der Waals surface area (Å²) >= 11 is 0. The molecular weight excluding hydrogens is 312 g/mol. The average Bonchev–Trinajstić information content (AvgIpc) is 2.62. The summed E-state index contributed by atoms with van der Waals surface area (Å²) in [5, 5.41) is 22.6. The SMILES string of the molecule is O=C1CCCc2c1cc(C1(O)CCCCC1)cc2C1(O)CCCCC1. The minimum absolute atomic E-state index is 0.183. The highest BCUT2D eigenvalue weighted by Gasteiger charge is 2.39. The van der Waals surface area contributed by atoms with Gasteiger partial charge in [-0.15, -0.1) is 0 Å². The van der Waals surface area contributed by atoms with Crippen molar-refractivity contribution in [1.29, 1.82) is 0 Å². The van der Waals surface area contributed by atoms with Crippen LogP contribution in [-0.4, -0.2) is 16.0 Å². The van der Waals surface area contributed by atoms with Crippen LogP contribution in [0.2, 0.25) is 0 Å². The number of aliphatic hydroxyl groups is 2. The minimum atomic E-state index is -0.829. The highest BCUT2D eigenvalue weighted by molar-refractivity contribution is 5.99. The van der Waals surface area contributed by atoms with Crippen molar-refractivity contribution in [2.75, 3.05) is 0 Å². The number of Topliss-reactive ketones (excluding diaryl/α,β-unsaturated/α-hetero) is 1. The summed E-state index contributed by atoms with van der Waals surface area (Å²) in [4.78, 5) is 12.6. The predicted octanol–water partition coefficient (Wildman–Crippen LogP) is 4.51. The third kappa shape index (κ3) is 3.06. The van der Waals surface area contributed by atoms with E-state index in [9.17, 15) is 15.0 Å². The van der Waals surface area contributed by atoms with Crippen LogP contribution >= 0.6 is 0 Å². The fourth-order valence-corrected chi connectivity index (χ4v) is 5.27. The fourth-order valence-electron chi connectivity index (χ4n) is 5.27. The maximum Gasteiger partial charge on any atom is 0.163 e. The zero-order chi connectivity index (χ0) is 17.5. The first-order valence-corrected chi connectivity index (χ1v) is 10.2. The van der Waals surface area contributed by atoms with E-state index in [4.69, 9.17) is 0 Å². The molecule has 3 heteroatoms. The van der Waals surface area contributed by atoms with Crippen molar-refractivity contribution in [3.8, 4) is 0 Å². The second-order valence-electron chi connectivity index (χ2n) is 8.51. The van der Waals surface area contributed by atoms with Gasteiger partial charge in [0.1, 0.15) is 0 Å². The van der Waals surface area contributed by atoms with Crippen molar-refractivity contribution < 1.29 is 15.0 Å². The second-order valence-corrected chi connectivity index (χ2v) is 8.51. The number of ketones is 1. The molecule has 0 aliphatic heterocycles. The number of carbonyl (C=O) groups excluding carboxylic acids is 1. The number of rotatable bonds is 2. The molecule has 0 bridgehead atoms. The van der Waals surface area contributed by atoms with Gasteiger partial charge in [0.25, 0.3) is 0 Å².